The first-order valence-corrected chi connectivity index (χ1v) is 10.7. The zero-order valence-corrected chi connectivity index (χ0v) is 20.4. The molecule has 0 heterocycles. The average Bonchev–Trinajstić information content (AvgIpc) is 2.77. The highest BCUT2D eigenvalue weighted by atomic mass is 35.5. The molecular weight excluding hydrogens is 473 g/mol. The number of hydrogen-bond acceptors (Lipinski definition) is 8. The molecule has 1 amide bonds. The number of Topliss-reactive ketones (excluding diaryl/α,β-unsaturated/α-hetero) is 1. The summed E-state index contributed by atoms with van der Waals surface area (Å²) >= 11 is 12.5. The van der Waals surface area contributed by atoms with E-state index in [1.165, 1.54) is 33.3 Å². The molecular formula is C22H25Cl2N3O6. The van der Waals surface area contributed by atoms with E-state index in [4.69, 9.17) is 42.1 Å². The Morgan fingerprint density at radius 3 is 2.21 bits per heavy atom. The van der Waals surface area contributed by atoms with Crippen molar-refractivity contribution in [3.8, 4) is 23.0 Å². The van der Waals surface area contributed by atoms with Gasteiger partial charge in [-0.05, 0) is 39.0 Å². The number of nitrogens with one attached hydrogen (secondary N) is 1. The number of anilines is 1. The normalized spacial score (nSPS) is 11.7. The fourth-order valence-electron chi connectivity index (χ4n) is 2.82. The van der Waals surface area contributed by atoms with Crippen molar-refractivity contribution in [2.75, 3.05) is 32.8 Å². The van der Waals surface area contributed by atoms with Crippen LogP contribution in [-0.4, -0.2) is 45.2 Å². The molecule has 2 aromatic carbocycles. The van der Waals surface area contributed by atoms with Crippen LogP contribution in [0.4, 0.5) is 11.4 Å². The standard InChI is InChI=1S/C22H25Cl2N3O6/c1-6-32-15-8-9-16(33-7-2)20(18(15)24)27-26-19(12(3)28)22(29)25-14-10-13(23)11-17(30-4)21(14)31-5/h8-11,19H,6-7H2,1-5H3,(H,25,29). The fourth-order valence-corrected chi connectivity index (χ4v) is 3.28. The van der Waals surface area contributed by atoms with Crippen LogP contribution in [0, 0.1) is 0 Å². The summed E-state index contributed by atoms with van der Waals surface area (Å²) in [6.07, 6.45) is 0. The number of halogens is 2. The van der Waals surface area contributed by atoms with Gasteiger partial charge < -0.3 is 24.3 Å². The highest BCUT2D eigenvalue weighted by Crippen LogP contribution is 2.42. The van der Waals surface area contributed by atoms with Crippen molar-refractivity contribution in [1.29, 1.82) is 0 Å². The Hall–Kier alpha value is -3.04. The van der Waals surface area contributed by atoms with Gasteiger partial charge in [-0.2, -0.15) is 5.11 Å². The molecule has 1 N–H and O–H groups in total. The summed E-state index contributed by atoms with van der Waals surface area (Å²) in [4.78, 5) is 25.1. The molecule has 0 aliphatic rings. The number of azo groups is 1. The maximum atomic E-state index is 12.9. The van der Waals surface area contributed by atoms with Gasteiger partial charge in [-0.1, -0.05) is 23.2 Å². The monoisotopic (exact) mass is 497 g/mol. The highest BCUT2D eigenvalue weighted by molar-refractivity contribution is 6.34. The van der Waals surface area contributed by atoms with Crippen molar-refractivity contribution < 1.29 is 28.5 Å². The first-order chi connectivity index (χ1) is 15.8. The highest BCUT2D eigenvalue weighted by Gasteiger charge is 2.26. The number of hydrogen-bond donors (Lipinski definition) is 1. The van der Waals surface area contributed by atoms with Crippen LogP contribution in [0.5, 0.6) is 23.0 Å². The van der Waals surface area contributed by atoms with Crippen LogP contribution in [0.15, 0.2) is 34.5 Å². The minimum Gasteiger partial charge on any atom is -0.493 e. The molecule has 2 rings (SSSR count). The Balaban J connectivity index is 2.41. The summed E-state index contributed by atoms with van der Waals surface area (Å²) in [5.41, 5.74) is 0.352. The molecule has 33 heavy (non-hydrogen) atoms. The van der Waals surface area contributed by atoms with Gasteiger partial charge in [0.2, 0.25) is 6.04 Å². The van der Waals surface area contributed by atoms with Crippen LogP contribution in [0.3, 0.4) is 0 Å². The predicted molar refractivity (Wildman–Crippen MR) is 126 cm³/mol. The number of carbonyl (C=O) groups is 2. The van der Waals surface area contributed by atoms with E-state index in [-0.39, 0.29) is 22.1 Å². The van der Waals surface area contributed by atoms with Crippen LogP contribution in [-0.2, 0) is 9.59 Å². The van der Waals surface area contributed by atoms with Crippen molar-refractivity contribution in [3.63, 3.8) is 0 Å². The molecule has 0 spiro atoms. The summed E-state index contributed by atoms with van der Waals surface area (Å²) in [6.45, 7) is 5.56. The lowest BCUT2D eigenvalue weighted by molar-refractivity contribution is -0.126. The lowest BCUT2D eigenvalue weighted by Crippen LogP contribution is -2.32. The van der Waals surface area contributed by atoms with E-state index < -0.39 is 17.7 Å². The molecule has 0 radical (unpaired) electrons. The van der Waals surface area contributed by atoms with Gasteiger partial charge in [0, 0.05) is 11.1 Å². The van der Waals surface area contributed by atoms with Gasteiger partial charge >= 0.3 is 0 Å². The zero-order chi connectivity index (χ0) is 24.5. The van der Waals surface area contributed by atoms with Gasteiger partial charge in [-0.15, -0.1) is 5.11 Å². The van der Waals surface area contributed by atoms with Gasteiger partial charge in [0.05, 0.1) is 33.1 Å². The van der Waals surface area contributed by atoms with E-state index in [2.05, 4.69) is 15.5 Å². The number of methoxy groups -OCH3 is 2. The van der Waals surface area contributed by atoms with Crippen LogP contribution in [0.2, 0.25) is 10.0 Å². The Morgan fingerprint density at radius 2 is 1.64 bits per heavy atom. The molecule has 2 aromatic rings. The van der Waals surface area contributed by atoms with Crippen molar-refractivity contribution in [2.45, 2.75) is 26.8 Å². The smallest absolute Gasteiger partial charge is 0.258 e. The van der Waals surface area contributed by atoms with Crippen LogP contribution >= 0.6 is 23.2 Å². The first kappa shape index (κ1) is 26.2. The quantitative estimate of drug-likeness (QED) is 0.324. The zero-order valence-electron chi connectivity index (χ0n) is 18.9. The molecule has 0 aliphatic heterocycles. The number of carbonyl (C=O) groups excluding carboxylic acids is 2. The van der Waals surface area contributed by atoms with Gasteiger partial charge in [-0.25, -0.2) is 0 Å². The van der Waals surface area contributed by atoms with E-state index in [1.807, 2.05) is 6.92 Å². The number of ketones is 1. The lowest BCUT2D eigenvalue weighted by Gasteiger charge is -2.16. The van der Waals surface area contributed by atoms with E-state index in [9.17, 15) is 9.59 Å². The molecule has 0 fully saturated rings. The van der Waals surface area contributed by atoms with Crippen molar-refractivity contribution >= 4 is 46.3 Å². The summed E-state index contributed by atoms with van der Waals surface area (Å²) in [6, 6.07) is 4.79. The number of ether oxygens (including phenoxy) is 4. The first-order valence-electron chi connectivity index (χ1n) is 9.99. The van der Waals surface area contributed by atoms with Gasteiger partial charge in [-0.3, -0.25) is 9.59 Å². The van der Waals surface area contributed by atoms with E-state index in [1.54, 1.807) is 19.1 Å². The molecule has 0 saturated carbocycles. The van der Waals surface area contributed by atoms with Crippen LogP contribution in [0.25, 0.3) is 0 Å². The number of rotatable bonds is 11. The van der Waals surface area contributed by atoms with Crippen molar-refractivity contribution in [2.24, 2.45) is 10.2 Å². The Kier molecular flexibility index (Phi) is 9.74. The minimum absolute atomic E-state index is 0.144. The molecule has 178 valence electrons. The molecule has 0 bridgehead atoms. The second-order valence-corrected chi connectivity index (χ2v) is 7.31. The molecule has 0 saturated heterocycles. The second kappa shape index (κ2) is 12.3. The fraction of sp³-hybridized carbons (Fsp3) is 0.364. The van der Waals surface area contributed by atoms with E-state index in [0.717, 1.165) is 0 Å². The Labute approximate surface area is 202 Å². The molecule has 0 aliphatic carbocycles. The minimum atomic E-state index is -1.47. The molecule has 1 atom stereocenters. The molecule has 9 nitrogen and oxygen atoms in total. The third kappa shape index (κ3) is 6.49. The van der Waals surface area contributed by atoms with Gasteiger partial charge in [0.1, 0.15) is 22.2 Å². The largest absolute Gasteiger partial charge is 0.493 e. The summed E-state index contributed by atoms with van der Waals surface area (Å²) in [7, 11) is 2.84. The molecule has 0 aromatic heterocycles. The van der Waals surface area contributed by atoms with E-state index >= 15 is 0 Å². The number of amides is 1. The van der Waals surface area contributed by atoms with E-state index in [0.29, 0.717) is 35.5 Å². The Morgan fingerprint density at radius 1 is 1.00 bits per heavy atom. The SMILES string of the molecule is CCOc1ccc(OCC)c(N=NC(C(C)=O)C(=O)Nc2cc(Cl)cc(OC)c2OC)c1Cl. The Bertz CT molecular complexity index is 1050. The van der Waals surface area contributed by atoms with Crippen molar-refractivity contribution in [1.82, 2.24) is 0 Å². The summed E-state index contributed by atoms with van der Waals surface area (Å²) in [5, 5.41) is 11.1. The summed E-state index contributed by atoms with van der Waals surface area (Å²) in [5.74, 6) is -0.0410. The number of benzene rings is 2. The predicted octanol–water partition coefficient (Wildman–Crippen LogP) is 5.49. The maximum absolute atomic E-state index is 12.9. The lowest BCUT2D eigenvalue weighted by atomic mass is 10.2. The number of nitrogens with zero attached hydrogens (tertiary/aromatic N) is 2. The third-order valence-corrected chi connectivity index (χ3v) is 4.84. The van der Waals surface area contributed by atoms with Crippen LogP contribution in [0.1, 0.15) is 20.8 Å². The summed E-state index contributed by atoms with van der Waals surface area (Å²) < 4.78 is 21.5. The second-order valence-electron chi connectivity index (χ2n) is 6.50. The van der Waals surface area contributed by atoms with Crippen molar-refractivity contribution in [3.05, 3.63) is 34.3 Å². The topological polar surface area (TPSA) is 108 Å². The van der Waals surface area contributed by atoms with Gasteiger partial charge in [0.15, 0.2) is 17.3 Å². The molecule has 1 unspecified atom stereocenters. The maximum Gasteiger partial charge on any atom is 0.258 e. The van der Waals surface area contributed by atoms with Crippen LogP contribution < -0.4 is 24.3 Å². The third-order valence-electron chi connectivity index (χ3n) is 4.25. The average molecular weight is 498 g/mol. The van der Waals surface area contributed by atoms with Gasteiger partial charge in [0.25, 0.3) is 5.91 Å². The molecule has 11 heteroatoms.